The topological polar surface area (TPSA) is 89.5 Å². The van der Waals surface area contributed by atoms with Gasteiger partial charge in [-0.2, -0.15) is 9.61 Å². The maximum absolute atomic E-state index is 12.5. The molecular formula is C22H21N7OS2. The second kappa shape index (κ2) is 7.56. The van der Waals surface area contributed by atoms with Gasteiger partial charge in [0.05, 0.1) is 11.1 Å². The number of rotatable bonds is 4. The molecule has 4 heterocycles. The van der Waals surface area contributed by atoms with E-state index in [0.717, 1.165) is 40.0 Å². The van der Waals surface area contributed by atoms with Crippen molar-refractivity contribution in [1.82, 2.24) is 29.2 Å². The fourth-order valence-corrected chi connectivity index (χ4v) is 6.45. The summed E-state index contributed by atoms with van der Waals surface area (Å²) in [6.45, 7) is 4.33. The highest BCUT2D eigenvalue weighted by molar-refractivity contribution is 7.99. The van der Waals surface area contributed by atoms with E-state index < -0.39 is 0 Å². The molecular weight excluding hydrogens is 442 g/mol. The number of benzene rings is 1. The molecule has 0 spiro atoms. The van der Waals surface area contributed by atoms with Crippen LogP contribution in [0, 0.1) is 12.8 Å². The minimum Gasteiger partial charge on any atom is -0.325 e. The van der Waals surface area contributed by atoms with E-state index in [1.165, 1.54) is 28.6 Å². The van der Waals surface area contributed by atoms with E-state index in [9.17, 15) is 4.79 Å². The van der Waals surface area contributed by atoms with Crippen molar-refractivity contribution in [1.29, 1.82) is 0 Å². The lowest BCUT2D eigenvalue weighted by Gasteiger charge is -2.17. The number of nitrogens with zero attached hydrogens (tertiary/aromatic N) is 6. The third kappa shape index (κ3) is 3.17. The van der Waals surface area contributed by atoms with E-state index in [2.05, 4.69) is 32.5 Å². The average Bonchev–Trinajstić information content (AvgIpc) is 3.49. The minimum absolute atomic E-state index is 0.0759. The molecule has 0 fully saturated rings. The molecule has 0 saturated carbocycles. The normalized spacial score (nSPS) is 16.1. The summed E-state index contributed by atoms with van der Waals surface area (Å²) in [7, 11) is 0. The molecule has 10 heteroatoms. The highest BCUT2D eigenvalue weighted by Gasteiger charge is 2.26. The van der Waals surface area contributed by atoms with E-state index in [1.807, 2.05) is 35.6 Å². The number of aromatic nitrogens is 6. The number of thiophene rings is 1. The maximum atomic E-state index is 12.5. The number of anilines is 1. The lowest BCUT2D eigenvalue weighted by atomic mass is 9.89. The van der Waals surface area contributed by atoms with E-state index in [0.29, 0.717) is 16.9 Å². The van der Waals surface area contributed by atoms with Gasteiger partial charge in [-0.15, -0.1) is 21.5 Å². The molecule has 1 N–H and O–H groups in total. The molecule has 0 bridgehead atoms. The Kier molecular flexibility index (Phi) is 4.65. The van der Waals surface area contributed by atoms with Crippen molar-refractivity contribution in [3.8, 4) is 0 Å². The van der Waals surface area contributed by atoms with Crippen LogP contribution < -0.4 is 5.32 Å². The van der Waals surface area contributed by atoms with Crippen LogP contribution in [0.1, 0.15) is 29.3 Å². The summed E-state index contributed by atoms with van der Waals surface area (Å²) in [5.41, 5.74) is 4.16. The molecule has 0 saturated heterocycles. The van der Waals surface area contributed by atoms with Gasteiger partial charge in [0.2, 0.25) is 5.91 Å². The van der Waals surface area contributed by atoms with Gasteiger partial charge in [0.15, 0.2) is 10.8 Å². The molecule has 1 aliphatic rings. The lowest BCUT2D eigenvalue weighted by Crippen LogP contribution is -2.14. The number of aryl methyl sites for hydroxylation is 2. The number of carbonyl (C=O) groups excluding carboxylic acids is 1. The van der Waals surface area contributed by atoms with Crippen LogP contribution in [0.15, 0.2) is 35.7 Å². The number of thioether (sulfide) groups is 1. The highest BCUT2D eigenvalue weighted by atomic mass is 32.2. The molecule has 5 aromatic rings. The van der Waals surface area contributed by atoms with Crippen LogP contribution in [0.5, 0.6) is 0 Å². The monoisotopic (exact) mass is 463 g/mol. The molecule has 0 aliphatic heterocycles. The Labute approximate surface area is 192 Å². The number of hydrogen-bond donors (Lipinski definition) is 1. The van der Waals surface area contributed by atoms with Crippen molar-refractivity contribution in [2.45, 2.75) is 38.3 Å². The van der Waals surface area contributed by atoms with Crippen LogP contribution in [0.25, 0.3) is 21.6 Å². The summed E-state index contributed by atoms with van der Waals surface area (Å²) < 4.78 is 3.80. The summed E-state index contributed by atoms with van der Waals surface area (Å²) in [4.78, 5) is 19.6. The summed E-state index contributed by atoms with van der Waals surface area (Å²) in [5, 5.41) is 18.0. The molecule has 1 aromatic carbocycles. The van der Waals surface area contributed by atoms with Crippen molar-refractivity contribution in [2.75, 3.05) is 11.1 Å². The quantitative estimate of drug-likeness (QED) is 0.403. The average molecular weight is 464 g/mol. The van der Waals surface area contributed by atoms with Gasteiger partial charge in [-0.3, -0.25) is 4.79 Å². The predicted molar refractivity (Wildman–Crippen MR) is 127 cm³/mol. The molecule has 162 valence electrons. The van der Waals surface area contributed by atoms with Crippen molar-refractivity contribution >= 4 is 56.3 Å². The van der Waals surface area contributed by atoms with Crippen LogP contribution in [0.2, 0.25) is 0 Å². The van der Waals surface area contributed by atoms with Crippen molar-refractivity contribution < 1.29 is 4.79 Å². The van der Waals surface area contributed by atoms with Crippen molar-refractivity contribution in [2.24, 2.45) is 5.92 Å². The molecule has 0 radical (unpaired) electrons. The van der Waals surface area contributed by atoms with Gasteiger partial charge in [-0.25, -0.2) is 9.38 Å². The first-order valence-corrected chi connectivity index (χ1v) is 12.4. The van der Waals surface area contributed by atoms with Gasteiger partial charge >= 0.3 is 0 Å². The summed E-state index contributed by atoms with van der Waals surface area (Å²) in [6, 6.07) is 7.78. The van der Waals surface area contributed by atoms with E-state index >= 15 is 0 Å². The van der Waals surface area contributed by atoms with Gasteiger partial charge in [-0.1, -0.05) is 36.4 Å². The first kappa shape index (κ1) is 19.7. The fourth-order valence-electron chi connectivity index (χ4n) is 4.32. The van der Waals surface area contributed by atoms with Crippen LogP contribution in [-0.2, 0) is 17.6 Å². The van der Waals surface area contributed by atoms with E-state index in [4.69, 9.17) is 0 Å². The zero-order chi connectivity index (χ0) is 21.8. The number of fused-ring (bicyclic) bond motifs is 8. The smallest absolute Gasteiger partial charge is 0.260 e. The highest BCUT2D eigenvalue weighted by Crippen LogP contribution is 2.40. The molecule has 4 aromatic heterocycles. The maximum Gasteiger partial charge on any atom is 0.260 e. The minimum atomic E-state index is -0.0759. The predicted octanol–water partition coefficient (Wildman–Crippen LogP) is 4.15. The summed E-state index contributed by atoms with van der Waals surface area (Å²) in [6.07, 6.45) is 4.91. The van der Waals surface area contributed by atoms with Crippen LogP contribution in [0.4, 0.5) is 5.69 Å². The van der Waals surface area contributed by atoms with Crippen LogP contribution in [-0.4, -0.2) is 40.9 Å². The Morgan fingerprint density at radius 1 is 1.28 bits per heavy atom. The second-order valence-corrected chi connectivity index (χ2v) is 10.4. The Hall–Kier alpha value is -2.98. The number of carbonyl (C=O) groups is 1. The molecule has 8 nitrogen and oxygen atoms in total. The van der Waals surface area contributed by atoms with Gasteiger partial charge in [0.25, 0.3) is 5.78 Å². The Balaban J connectivity index is 1.38. The fraction of sp³-hybridized carbons (Fsp3) is 0.318. The summed E-state index contributed by atoms with van der Waals surface area (Å²) >= 11 is 3.18. The van der Waals surface area contributed by atoms with E-state index in [-0.39, 0.29) is 11.7 Å². The van der Waals surface area contributed by atoms with E-state index in [1.54, 1.807) is 22.2 Å². The molecule has 6 rings (SSSR count). The third-order valence-electron chi connectivity index (χ3n) is 5.94. The van der Waals surface area contributed by atoms with Gasteiger partial charge in [0.1, 0.15) is 11.2 Å². The van der Waals surface area contributed by atoms with Crippen molar-refractivity contribution in [3.05, 3.63) is 46.6 Å². The lowest BCUT2D eigenvalue weighted by molar-refractivity contribution is -0.113. The van der Waals surface area contributed by atoms with Gasteiger partial charge < -0.3 is 5.32 Å². The zero-order valence-corrected chi connectivity index (χ0v) is 19.3. The number of nitrogens with one attached hydrogen (secondary N) is 1. The van der Waals surface area contributed by atoms with Crippen LogP contribution in [0.3, 0.4) is 0 Å². The third-order valence-corrected chi connectivity index (χ3v) is 8.14. The van der Waals surface area contributed by atoms with Gasteiger partial charge in [0, 0.05) is 10.6 Å². The number of amides is 1. The Bertz CT molecular complexity index is 1480. The Morgan fingerprint density at radius 3 is 2.97 bits per heavy atom. The van der Waals surface area contributed by atoms with Gasteiger partial charge in [-0.05, 0) is 49.8 Å². The summed E-state index contributed by atoms with van der Waals surface area (Å²) in [5.74, 6) is 1.44. The molecule has 1 aliphatic carbocycles. The molecule has 1 atom stereocenters. The standard InChI is InChI=1S/C22H21N7OS2/c1-12-3-6-14(7-4-12)25-17(30)10-31-22-27-26-21-28(22)20-18(19-23-11-24-29(19)21)15-9-13(2)5-8-16(15)32-20/h3-4,6-7,11,13H,5,8-10H2,1-2H3,(H,25,30). The molecule has 32 heavy (non-hydrogen) atoms. The SMILES string of the molecule is Cc1ccc(NC(=O)CSc2nnc3n4ncnc4c4c5c(sc4n23)CCC(C)C5)cc1. The van der Waals surface area contributed by atoms with Crippen LogP contribution >= 0.6 is 23.1 Å². The first-order chi connectivity index (χ1) is 15.6. The Morgan fingerprint density at radius 2 is 2.12 bits per heavy atom. The first-order valence-electron chi connectivity index (χ1n) is 10.6. The zero-order valence-electron chi connectivity index (χ0n) is 17.7. The molecule has 1 unspecified atom stereocenters. The second-order valence-electron chi connectivity index (χ2n) is 8.35. The number of hydrogen-bond acceptors (Lipinski definition) is 7. The largest absolute Gasteiger partial charge is 0.325 e. The molecule has 1 amide bonds. The van der Waals surface area contributed by atoms with Crippen molar-refractivity contribution in [3.63, 3.8) is 0 Å².